The topological polar surface area (TPSA) is 83.6 Å². The number of pyridine rings is 1. The van der Waals surface area contributed by atoms with Gasteiger partial charge in [0.1, 0.15) is 11.7 Å². The Morgan fingerprint density at radius 3 is 3.00 bits per heavy atom. The van der Waals surface area contributed by atoms with Crippen molar-refractivity contribution in [3.63, 3.8) is 0 Å². The van der Waals surface area contributed by atoms with E-state index in [4.69, 9.17) is 5.73 Å². The highest BCUT2D eigenvalue weighted by Crippen LogP contribution is 2.23. The van der Waals surface area contributed by atoms with E-state index in [1.54, 1.807) is 18.5 Å². The van der Waals surface area contributed by atoms with E-state index in [0.29, 0.717) is 17.1 Å². The number of benzene rings is 2. The number of urea groups is 1. The Labute approximate surface area is 187 Å². The highest BCUT2D eigenvalue weighted by atomic mass is 19.1. The SMILES string of the molecule is Cc1c(F)cccc1CCN1CCCC(/C(N)=N/C(=O)Nc2cccc3cnccc23)C1. The molecule has 6 nitrogen and oxygen atoms in total. The Balaban J connectivity index is 1.37. The third-order valence-corrected chi connectivity index (χ3v) is 6.15. The zero-order valence-corrected chi connectivity index (χ0v) is 18.2. The summed E-state index contributed by atoms with van der Waals surface area (Å²) >= 11 is 0. The highest BCUT2D eigenvalue weighted by Gasteiger charge is 2.23. The predicted molar refractivity (Wildman–Crippen MR) is 126 cm³/mol. The number of nitrogens with two attached hydrogens (primary N) is 1. The van der Waals surface area contributed by atoms with Gasteiger partial charge in [-0.1, -0.05) is 24.3 Å². The van der Waals surface area contributed by atoms with Crippen LogP contribution in [0.4, 0.5) is 14.9 Å². The lowest BCUT2D eigenvalue weighted by Gasteiger charge is -2.32. The van der Waals surface area contributed by atoms with Crippen LogP contribution in [0.5, 0.6) is 0 Å². The molecule has 32 heavy (non-hydrogen) atoms. The number of anilines is 1. The van der Waals surface area contributed by atoms with Gasteiger partial charge in [-0.2, -0.15) is 4.99 Å². The van der Waals surface area contributed by atoms with E-state index in [-0.39, 0.29) is 11.7 Å². The van der Waals surface area contributed by atoms with Gasteiger partial charge in [0, 0.05) is 42.2 Å². The Bertz CT molecular complexity index is 1140. The van der Waals surface area contributed by atoms with Gasteiger partial charge in [0.05, 0.1) is 5.69 Å². The Hall–Kier alpha value is -3.32. The summed E-state index contributed by atoms with van der Waals surface area (Å²) < 4.78 is 13.8. The molecule has 3 N–H and O–H groups in total. The number of amidine groups is 1. The molecule has 1 aliphatic heterocycles. The molecule has 1 fully saturated rings. The van der Waals surface area contributed by atoms with Crippen molar-refractivity contribution in [1.29, 1.82) is 0 Å². The highest BCUT2D eigenvalue weighted by molar-refractivity contribution is 6.05. The zero-order valence-electron chi connectivity index (χ0n) is 18.2. The van der Waals surface area contributed by atoms with E-state index in [1.807, 2.05) is 37.3 Å². The minimum Gasteiger partial charge on any atom is -0.387 e. The van der Waals surface area contributed by atoms with E-state index >= 15 is 0 Å². The van der Waals surface area contributed by atoms with E-state index in [0.717, 1.165) is 55.2 Å². The van der Waals surface area contributed by atoms with E-state index in [1.165, 1.54) is 6.07 Å². The number of nitrogens with zero attached hydrogens (tertiary/aromatic N) is 3. The minimum atomic E-state index is -0.473. The van der Waals surface area contributed by atoms with Crippen molar-refractivity contribution in [2.24, 2.45) is 16.6 Å². The maximum Gasteiger partial charge on any atom is 0.347 e. The van der Waals surface area contributed by atoms with E-state index < -0.39 is 6.03 Å². The standard InChI is InChI=1S/C25H28FN5O/c1-17-18(5-2-8-22(17)26)11-14-31-13-4-7-20(16-31)24(27)30-25(32)29-23-9-3-6-19-15-28-12-10-21(19)23/h2-3,5-6,8-10,12,15,20H,4,7,11,13-14,16H2,1H3,(H3,27,29,30,32). The van der Waals surface area contributed by atoms with Crippen molar-refractivity contribution in [3.8, 4) is 0 Å². The fourth-order valence-corrected chi connectivity index (χ4v) is 4.28. The maximum absolute atomic E-state index is 13.8. The molecule has 1 atom stereocenters. The third-order valence-electron chi connectivity index (χ3n) is 6.15. The Morgan fingerprint density at radius 1 is 1.28 bits per heavy atom. The molecule has 2 amide bonds. The van der Waals surface area contributed by atoms with Gasteiger partial charge < -0.3 is 16.0 Å². The molecule has 2 heterocycles. The van der Waals surface area contributed by atoms with Crippen LogP contribution in [-0.2, 0) is 6.42 Å². The summed E-state index contributed by atoms with van der Waals surface area (Å²) in [5.41, 5.74) is 8.65. The lowest BCUT2D eigenvalue weighted by atomic mass is 9.96. The second-order valence-electron chi connectivity index (χ2n) is 8.28. The largest absolute Gasteiger partial charge is 0.387 e. The Morgan fingerprint density at radius 2 is 2.12 bits per heavy atom. The number of carbonyl (C=O) groups is 1. The molecule has 3 aromatic rings. The average molecular weight is 434 g/mol. The number of amides is 2. The molecule has 0 saturated carbocycles. The van der Waals surface area contributed by atoms with Crippen molar-refractivity contribution < 1.29 is 9.18 Å². The molecule has 4 rings (SSSR count). The average Bonchev–Trinajstić information content (AvgIpc) is 2.80. The van der Waals surface area contributed by atoms with Crippen LogP contribution >= 0.6 is 0 Å². The van der Waals surface area contributed by atoms with Gasteiger partial charge in [0.15, 0.2) is 0 Å². The molecular weight excluding hydrogens is 405 g/mol. The van der Waals surface area contributed by atoms with Crippen molar-refractivity contribution >= 4 is 28.3 Å². The fraction of sp³-hybridized carbons (Fsp3) is 0.320. The van der Waals surface area contributed by atoms with Crippen LogP contribution in [0.15, 0.2) is 59.9 Å². The second-order valence-corrected chi connectivity index (χ2v) is 8.28. The van der Waals surface area contributed by atoms with Crippen molar-refractivity contribution in [2.45, 2.75) is 26.2 Å². The lowest BCUT2D eigenvalue weighted by Crippen LogP contribution is -2.42. The molecule has 2 aromatic carbocycles. The molecular formula is C25H28FN5O. The number of hydrogen-bond donors (Lipinski definition) is 2. The monoisotopic (exact) mass is 433 g/mol. The first-order valence-corrected chi connectivity index (χ1v) is 11.0. The minimum absolute atomic E-state index is 0.0276. The third kappa shape index (κ3) is 5.11. The van der Waals surface area contributed by atoms with Gasteiger partial charge in [-0.3, -0.25) is 4.98 Å². The smallest absolute Gasteiger partial charge is 0.347 e. The second kappa shape index (κ2) is 9.87. The lowest BCUT2D eigenvalue weighted by molar-refractivity contribution is 0.205. The normalized spacial score (nSPS) is 17.4. The number of piperidine rings is 1. The first-order valence-electron chi connectivity index (χ1n) is 11.0. The van der Waals surface area contributed by atoms with Crippen LogP contribution < -0.4 is 11.1 Å². The molecule has 0 spiro atoms. The molecule has 7 heteroatoms. The summed E-state index contributed by atoms with van der Waals surface area (Å²) in [6.45, 7) is 4.36. The van der Waals surface area contributed by atoms with Crippen LogP contribution in [-0.4, -0.2) is 41.4 Å². The van der Waals surface area contributed by atoms with E-state index in [9.17, 15) is 9.18 Å². The first-order chi connectivity index (χ1) is 15.5. The van der Waals surface area contributed by atoms with Gasteiger partial charge in [0.2, 0.25) is 0 Å². The first kappa shape index (κ1) is 21.9. The number of halogens is 1. The number of hydrogen-bond acceptors (Lipinski definition) is 3. The zero-order chi connectivity index (χ0) is 22.5. The summed E-state index contributed by atoms with van der Waals surface area (Å²) in [4.78, 5) is 23.1. The quantitative estimate of drug-likeness (QED) is 0.458. The summed E-state index contributed by atoms with van der Waals surface area (Å²) in [5, 5.41) is 4.69. The van der Waals surface area contributed by atoms with Gasteiger partial charge in [-0.05, 0) is 62.1 Å². The van der Waals surface area contributed by atoms with Crippen LogP contribution in [0.2, 0.25) is 0 Å². The predicted octanol–water partition coefficient (Wildman–Crippen LogP) is 4.53. The van der Waals surface area contributed by atoms with Gasteiger partial charge >= 0.3 is 6.03 Å². The van der Waals surface area contributed by atoms with E-state index in [2.05, 4.69) is 20.2 Å². The maximum atomic E-state index is 13.8. The number of aromatic nitrogens is 1. The summed E-state index contributed by atoms with van der Waals surface area (Å²) in [6.07, 6.45) is 6.12. The number of rotatable bonds is 5. The van der Waals surface area contributed by atoms with Crippen LogP contribution in [0, 0.1) is 18.7 Å². The molecule has 0 aliphatic carbocycles. The fourth-order valence-electron chi connectivity index (χ4n) is 4.28. The van der Waals surface area contributed by atoms with Crippen LogP contribution in [0.1, 0.15) is 24.0 Å². The number of nitrogens with one attached hydrogen (secondary N) is 1. The molecule has 1 unspecified atom stereocenters. The summed E-state index contributed by atoms with van der Waals surface area (Å²) in [7, 11) is 0. The molecule has 166 valence electrons. The molecule has 1 saturated heterocycles. The van der Waals surface area contributed by atoms with Crippen molar-refractivity contribution in [2.75, 3.05) is 25.0 Å². The van der Waals surface area contributed by atoms with Gasteiger partial charge in [-0.25, -0.2) is 9.18 Å². The number of aliphatic imine (C=N–C) groups is 1. The summed E-state index contributed by atoms with van der Waals surface area (Å²) in [5.74, 6) is 0.222. The number of carbonyl (C=O) groups excluding carboxylic acids is 1. The number of fused-ring (bicyclic) bond motifs is 1. The molecule has 1 aliphatic rings. The Kier molecular flexibility index (Phi) is 6.75. The number of likely N-dealkylation sites (tertiary alicyclic amines) is 1. The van der Waals surface area contributed by atoms with Crippen molar-refractivity contribution in [1.82, 2.24) is 9.88 Å². The summed E-state index contributed by atoms with van der Waals surface area (Å²) in [6, 6.07) is 12.3. The molecule has 0 bridgehead atoms. The van der Waals surface area contributed by atoms with Crippen LogP contribution in [0.25, 0.3) is 10.8 Å². The molecule has 1 aromatic heterocycles. The van der Waals surface area contributed by atoms with Crippen molar-refractivity contribution in [3.05, 3.63) is 71.8 Å². The molecule has 0 radical (unpaired) electrons. The van der Waals surface area contributed by atoms with Gasteiger partial charge in [0.25, 0.3) is 0 Å². The van der Waals surface area contributed by atoms with Crippen LogP contribution in [0.3, 0.4) is 0 Å². The van der Waals surface area contributed by atoms with Gasteiger partial charge in [-0.15, -0.1) is 0 Å².